The van der Waals surface area contributed by atoms with Crippen molar-refractivity contribution in [2.24, 2.45) is 0 Å². The lowest BCUT2D eigenvalue weighted by Crippen LogP contribution is -2.47. The maximum atomic E-state index is 12.2. The Labute approximate surface area is 140 Å². The molecule has 2 aromatic rings. The number of hydrazine groups is 1. The molecule has 6 heteroatoms. The molecule has 2 aromatic carbocycles. The standard InChI is InChI=1S/C18H21N3O3/c22-16-11-14-7-3-2-6-13(14)10-15(16)18(24)20-19-17(23)12-21-8-4-1-5-9-21/h2-3,6-7,10-11,22H,1,4-5,8-9,12H2,(H,19,23)(H,20,24). The topological polar surface area (TPSA) is 81.7 Å². The molecular weight excluding hydrogens is 306 g/mol. The number of carbonyl (C=O) groups is 2. The van der Waals surface area contributed by atoms with Crippen LogP contribution in [0.2, 0.25) is 0 Å². The molecule has 3 rings (SSSR count). The summed E-state index contributed by atoms with van der Waals surface area (Å²) in [6.07, 6.45) is 3.41. The van der Waals surface area contributed by atoms with Crippen molar-refractivity contribution >= 4 is 22.6 Å². The molecule has 126 valence electrons. The lowest BCUT2D eigenvalue weighted by molar-refractivity contribution is -0.123. The SMILES string of the molecule is O=C(CN1CCCCC1)NNC(=O)c1cc2ccccc2cc1O. The van der Waals surface area contributed by atoms with Crippen molar-refractivity contribution in [3.05, 3.63) is 42.0 Å². The van der Waals surface area contributed by atoms with Gasteiger partial charge in [-0.15, -0.1) is 0 Å². The first-order valence-corrected chi connectivity index (χ1v) is 8.17. The first-order chi connectivity index (χ1) is 11.6. The molecule has 1 aliphatic rings. The predicted octanol–water partition coefficient (Wildman–Crippen LogP) is 1.79. The Kier molecular flexibility index (Phi) is 4.96. The largest absolute Gasteiger partial charge is 0.507 e. The fourth-order valence-electron chi connectivity index (χ4n) is 2.96. The van der Waals surface area contributed by atoms with Crippen LogP contribution < -0.4 is 10.9 Å². The maximum absolute atomic E-state index is 12.2. The zero-order valence-electron chi connectivity index (χ0n) is 13.4. The number of fused-ring (bicyclic) bond motifs is 1. The molecule has 1 aliphatic heterocycles. The van der Waals surface area contributed by atoms with Crippen molar-refractivity contribution in [3.8, 4) is 5.75 Å². The molecule has 0 aromatic heterocycles. The van der Waals surface area contributed by atoms with Crippen LogP contribution in [0.25, 0.3) is 10.8 Å². The van der Waals surface area contributed by atoms with Gasteiger partial charge in [-0.3, -0.25) is 25.3 Å². The smallest absolute Gasteiger partial charge is 0.273 e. The van der Waals surface area contributed by atoms with Gasteiger partial charge < -0.3 is 5.11 Å². The number of hydrogen-bond acceptors (Lipinski definition) is 4. The molecule has 0 aliphatic carbocycles. The molecule has 0 spiro atoms. The van der Waals surface area contributed by atoms with Gasteiger partial charge in [0.25, 0.3) is 11.8 Å². The lowest BCUT2D eigenvalue weighted by atomic mass is 10.1. The van der Waals surface area contributed by atoms with E-state index in [0.717, 1.165) is 36.7 Å². The number of nitrogens with one attached hydrogen (secondary N) is 2. The highest BCUT2D eigenvalue weighted by atomic mass is 16.3. The van der Waals surface area contributed by atoms with Crippen molar-refractivity contribution in [2.45, 2.75) is 19.3 Å². The summed E-state index contributed by atoms with van der Waals surface area (Å²) in [5, 5.41) is 11.7. The Morgan fingerprint density at radius 3 is 2.38 bits per heavy atom. The van der Waals surface area contributed by atoms with E-state index in [1.165, 1.54) is 6.42 Å². The number of piperidine rings is 1. The number of nitrogens with zero attached hydrogens (tertiary/aromatic N) is 1. The van der Waals surface area contributed by atoms with Crippen LogP contribution >= 0.6 is 0 Å². The highest BCUT2D eigenvalue weighted by Crippen LogP contribution is 2.24. The van der Waals surface area contributed by atoms with E-state index < -0.39 is 5.91 Å². The van der Waals surface area contributed by atoms with E-state index in [0.29, 0.717) is 0 Å². The summed E-state index contributed by atoms with van der Waals surface area (Å²) in [4.78, 5) is 26.2. The summed E-state index contributed by atoms with van der Waals surface area (Å²) in [6.45, 7) is 2.09. The van der Waals surface area contributed by atoms with E-state index in [2.05, 4.69) is 15.8 Å². The predicted molar refractivity (Wildman–Crippen MR) is 91.5 cm³/mol. The van der Waals surface area contributed by atoms with Crippen molar-refractivity contribution < 1.29 is 14.7 Å². The van der Waals surface area contributed by atoms with Crippen LogP contribution in [0, 0.1) is 0 Å². The number of carbonyl (C=O) groups excluding carboxylic acids is 2. The fraction of sp³-hybridized carbons (Fsp3) is 0.333. The van der Waals surface area contributed by atoms with Crippen LogP contribution in [0.5, 0.6) is 5.75 Å². The lowest BCUT2D eigenvalue weighted by Gasteiger charge is -2.25. The molecule has 0 radical (unpaired) electrons. The number of rotatable bonds is 3. The third kappa shape index (κ3) is 3.83. The second kappa shape index (κ2) is 7.31. The molecular formula is C18H21N3O3. The number of amides is 2. The zero-order chi connectivity index (χ0) is 16.9. The van der Waals surface area contributed by atoms with Gasteiger partial charge in [0.05, 0.1) is 12.1 Å². The van der Waals surface area contributed by atoms with Crippen molar-refractivity contribution in [3.63, 3.8) is 0 Å². The highest BCUT2D eigenvalue weighted by Gasteiger charge is 2.16. The number of benzene rings is 2. The van der Waals surface area contributed by atoms with Crippen LogP contribution in [-0.2, 0) is 4.79 Å². The Hall–Kier alpha value is -2.60. The molecule has 0 saturated carbocycles. The first kappa shape index (κ1) is 16.3. The van der Waals surface area contributed by atoms with Gasteiger partial charge in [-0.25, -0.2) is 0 Å². The van der Waals surface area contributed by atoms with E-state index in [9.17, 15) is 14.7 Å². The number of phenols is 1. The number of aromatic hydroxyl groups is 1. The Balaban J connectivity index is 1.60. The molecule has 3 N–H and O–H groups in total. The van der Waals surface area contributed by atoms with Gasteiger partial charge in [0.2, 0.25) is 0 Å². The second-order valence-corrected chi connectivity index (χ2v) is 6.06. The molecule has 0 bridgehead atoms. The monoisotopic (exact) mass is 327 g/mol. The molecule has 24 heavy (non-hydrogen) atoms. The highest BCUT2D eigenvalue weighted by molar-refractivity contribution is 6.02. The first-order valence-electron chi connectivity index (χ1n) is 8.17. The van der Waals surface area contributed by atoms with E-state index in [-0.39, 0.29) is 23.8 Å². The van der Waals surface area contributed by atoms with Gasteiger partial charge in [0.1, 0.15) is 5.75 Å². The average molecular weight is 327 g/mol. The Morgan fingerprint density at radius 1 is 1.00 bits per heavy atom. The summed E-state index contributed by atoms with van der Waals surface area (Å²) in [5.74, 6) is -0.910. The third-order valence-corrected chi connectivity index (χ3v) is 4.24. The van der Waals surface area contributed by atoms with Crippen molar-refractivity contribution in [1.29, 1.82) is 0 Å². The summed E-state index contributed by atoms with van der Waals surface area (Å²) in [5.41, 5.74) is 4.91. The molecule has 1 saturated heterocycles. The van der Waals surface area contributed by atoms with Crippen LogP contribution in [0.4, 0.5) is 0 Å². The van der Waals surface area contributed by atoms with Gasteiger partial charge in [-0.1, -0.05) is 30.7 Å². The molecule has 2 amide bonds. The van der Waals surface area contributed by atoms with Crippen molar-refractivity contribution in [2.75, 3.05) is 19.6 Å². The number of hydrogen-bond donors (Lipinski definition) is 3. The van der Waals surface area contributed by atoms with E-state index >= 15 is 0 Å². The van der Waals surface area contributed by atoms with Gasteiger partial charge in [-0.05, 0) is 48.8 Å². The summed E-state index contributed by atoms with van der Waals surface area (Å²) in [6, 6.07) is 10.6. The molecule has 6 nitrogen and oxygen atoms in total. The minimum atomic E-state index is -0.537. The van der Waals surface area contributed by atoms with Gasteiger partial charge in [-0.2, -0.15) is 0 Å². The fourth-order valence-corrected chi connectivity index (χ4v) is 2.96. The van der Waals surface area contributed by atoms with Gasteiger partial charge in [0, 0.05) is 0 Å². The van der Waals surface area contributed by atoms with Crippen LogP contribution in [0.1, 0.15) is 29.6 Å². The molecule has 1 fully saturated rings. The summed E-state index contributed by atoms with van der Waals surface area (Å²) in [7, 11) is 0. The molecule has 0 atom stereocenters. The van der Waals surface area contributed by atoms with Gasteiger partial charge in [0.15, 0.2) is 0 Å². The number of likely N-dealkylation sites (tertiary alicyclic amines) is 1. The van der Waals surface area contributed by atoms with Crippen LogP contribution in [0.3, 0.4) is 0 Å². The Morgan fingerprint density at radius 2 is 1.67 bits per heavy atom. The van der Waals surface area contributed by atoms with Crippen LogP contribution in [-0.4, -0.2) is 41.5 Å². The van der Waals surface area contributed by atoms with E-state index in [4.69, 9.17) is 0 Å². The zero-order valence-corrected chi connectivity index (χ0v) is 13.4. The maximum Gasteiger partial charge on any atom is 0.273 e. The Bertz CT molecular complexity index is 754. The summed E-state index contributed by atoms with van der Waals surface area (Å²) >= 11 is 0. The average Bonchev–Trinajstić information content (AvgIpc) is 2.60. The van der Waals surface area contributed by atoms with Crippen molar-refractivity contribution in [1.82, 2.24) is 15.8 Å². The molecule has 0 unspecified atom stereocenters. The van der Waals surface area contributed by atoms with Gasteiger partial charge >= 0.3 is 0 Å². The molecule has 1 heterocycles. The summed E-state index contributed by atoms with van der Waals surface area (Å²) < 4.78 is 0. The quantitative estimate of drug-likeness (QED) is 0.751. The van der Waals surface area contributed by atoms with E-state index in [1.54, 1.807) is 12.1 Å². The van der Waals surface area contributed by atoms with E-state index in [1.807, 2.05) is 24.3 Å². The second-order valence-electron chi connectivity index (χ2n) is 6.06. The minimum Gasteiger partial charge on any atom is -0.507 e. The number of phenolic OH excluding ortho intramolecular Hbond substituents is 1. The van der Waals surface area contributed by atoms with Crippen LogP contribution in [0.15, 0.2) is 36.4 Å². The third-order valence-electron chi connectivity index (χ3n) is 4.24. The normalized spacial score (nSPS) is 15.2. The minimum absolute atomic E-state index is 0.114.